The average Bonchev–Trinajstić information content (AvgIpc) is 2.08. The highest BCUT2D eigenvalue weighted by molar-refractivity contribution is 4.70. The Morgan fingerprint density at radius 1 is 0.818 bits per heavy atom. The molecule has 5 heteroatoms. The smallest absolute Gasteiger partial charge is 0.0451 e. The number of nitrogens with two attached hydrogens (primary N) is 2. The molecule has 1 heterocycles. The van der Waals surface area contributed by atoms with Crippen molar-refractivity contribution in [2.24, 2.45) is 11.5 Å². The highest BCUT2D eigenvalue weighted by Crippen LogP contribution is 1.65. The lowest BCUT2D eigenvalue weighted by Crippen LogP contribution is -2.11. The Morgan fingerprint density at radius 2 is 1.09 bits per heavy atom. The van der Waals surface area contributed by atoms with E-state index in [2.05, 4.69) is 9.97 Å². The van der Waals surface area contributed by atoms with Crippen LogP contribution in [0.25, 0.3) is 0 Å². The van der Waals surface area contributed by atoms with E-state index in [1.54, 1.807) is 24.8 Å². The molecule has 0 amide bonds. The summed E-state index contributed by atoms with van der Waals surface area (Å²) < 4.78 is 0. The van der Waals surface area contributed by atoms with Crippen molar-refractivity contribution in [2.75, 3.05) is 13.1 Å². The molecule has 64 valence electrons. The largest absolute Gasteiger partial charge is 0.412 e. The summed E-state index contributed by atoms with van der Waals surface area (Å²) in [6.45, 7) is 1.19. The second kappa shape index (κ2) is 11.7. The third-order valence-electron chi connectivity index (χ3n) is 0.644. The van der Waals surface area contributed by atoms with E-state index in [-0.39, 0.29) is 5.48 Å². The van der Waals surface area contributed by atoms with Gasteiger partial charge in [0.1, 0.15) is 0 Å². The van der Waals surface area contributed by atoms with E-state index in [9.17, 15) is 0 Å². The average molecular weight is 158 g/mol. The lowest BCUT2D eigenvalue weighted by atomic mass is 10.7. The molecule has 0 aliphatic carbocycles. The Bertz CT molecular complexity index is 107. The molecule has 0 bridgehead atoms. The number of hydrogen-bond donors (Lipinski definition) is 2. The van der Waals surface area contributed by atoms with Crippen molar-refractivity contribution in [1.82, 2.24) is 9.97 Å². The molecule has 0 saturated heterocycles. The maximum atomic E-state index is 4.90. The van der Waals surface area contributed by atoms with Crippen LogP contribution in [-0.4, -0.2) is 28.5 Å². The number of hydrogen-bond acceptors (Lipinski definition) is 4. The Kier molecular flexibility index (Phi) is 13.4. The van der Waals surface area contributed by atoms with E-state index in [4.69, 9.17) is 11.5 Å². The third-order valence-corrected chi connectivity index (χ3v) is 0.644. The minimum Gasteiger partial charge on any atom is -0.412 e. The minimum atomic E-state index is 0. The first kappa shape index (κ1) is 12.6. The van der Waals surface area contributed by atoms with Gasteiger partial charge in [-0.1, -0.05) is 0 Å². The van der Waals surface area contributed by atoms with Gasteiger partial charge in [-0.2, -0.15) is 0 Å². The van der Waals surface area contributed by atoms with Crippen molar-refractivity contribution in [3.8, 4) is 0 Å². The van der Waals surface area contributed by atoms with Gasteiger partial charge in [-0.15, -0.1) is 0 Å². The number of aromatic nitrogens is 2. The molecule has 0 aliphatic heterocycles. The van der Waals surface area contributed by atoms with Crippen molar-refractivity contribution in [1.29, 1.82) is 0 Å². The van der Waals surface area contributed by atoms with Crippen LogP contribution in [0.3, 0.4) is 0 Å². The standard InChI is InChI=1S/C4H4N2.C2H8N2.H2O/c1-2-6-4-3-5-1;3-1-2-4;/h1-4H;1-4H2;1H2. The number of rotatable bonds is 1. The molecule has 0 fully saturated rings. The van der Waals surface area contributed by atoms with Crippen molar-refractivity contribution in [2.45, 2.75) is 0 Å². The molecule has 1 aromatic rings. The topological polar surface area (TPSA) is 109 Å². The molecule has 6 N–H and O–H groups in total. The summed E-state index contributed by atoms with van der Waals surface area (Å²) in [7, 11) is 0. The molecule has 0 atom stereocenters. The van der Waals surface area contributed by atoms with Crippen LogP contribution in [0.1, 0.15) is 0 Å². The van der Waals surface area contributed by atoms with Crippen LogP contribution in [0.15, 0.2) is 24.8 Å². The van der Waals surface area contributed by atoms with Gasteiger partial charge in [0, 0.05) is 37.9 Å². The fraction of sp³-hybridized carbons (Fsp3) is 0.333. The van der Waals surface area contributed by atoms with Crippen LogP contribution in [0, 0.1) is 0 Å². The van der Waals surface area contributed by atoms with Gasteiger partial charge in [-0.3, -0.25) is 9.97 Å². The molecule has 0 unspecified atom stereocenters. The summed E-state index contributed by atoms with van der Waals surface area (Å²) in [5.74, 6) is 0. The third kappa shape index (κ3) is 12.2. The molecular formula is C6H14N4O. The van der Waals surface area contributed by atoms with E-state index in [1.165, 1.54) is 0 Å². The molecule has 1 aromatic heterocycles. The molecule has 5 nitrogen and oxygen atoms in total. The van der Waals surface area contributed by atoms with Gasteiger partial charge in [0.25, 0.3) is 0 Å². The first-order valence-corrected chi connectivity index (χ1v) is 3.02. The van der Waals surface area contributed by atoms with E-state index >= 15 is 0 Å². The SMILES string of the molecule is NCCN.O.c1cnccn1. The van der Waals surface area contributed by atoms with E-state index < -0.39 is 0 Å². The van der Waals surface area contributed by atoms with Gasteiger partial charge in [0.15, 0.2) is 0 Å². The summed E-state index contributed by atoms with van der Waals surface area (Å²) in [6.07, 6.45) is 6.56. The van der Waals surface area contributed by atoms with Crippen LogP contribution < -0.4 is 11.5 Å². The van der Waals surface area contributed by atoms with Crippen LogP contribution in [0.5, 0.6) is 0 Å². The van der Waals surface area contributed by atoms with Gasteiger partial charge in [-0.25, -0.2) is 0 Å². The second-order valence-electron chi connectivity index (χ2n) is 1.47. The monoisotopic (exact) mass is 158 g/mol. The Hall–Kier alpha value is -1.04. The fourth-order valence-corrected chi connectivity index (χ4v) is 0.253. The summed E-state index contributed by atoms with van der Waals surface area (Å²) in [4.78, 5) is 7.44. The molecule has 1 rings (SSSR count). The Labute approximate surface area is 65.8 Å². The van der Waals surface area contributed by atoms with Gasteiger partial charge in [-0.05, 0) is 0 Å². The van der Waals surface area contributed by atoms with Crippen molar-refractivity contribution in [3.05, 3.63) is 24.8 Å². The highest BCUT2D eigenvalue weighted by Gasteiger charge is 1.59. The lowest BCUT2D eigenvalue weighted by molar-refractivity contribution is 0.824. The molecule has 0 spiro atoms. The highest BCUT2D eigenvalue weighted by atomic mass is 16.0. The van der Waals surface area contributed by atoms with Gasteiger partial charge >= 0.3 is 0 Å². The van der Waals surface area contributed by atoms with Crippen molar-refractivity contribution in [3.63, 3.8) is 0 Å². The lowest BCUT2D eigenvalue weighted by Gasteiger charge is -1.72. The zero-order chi connectivity index (χ0) is 7.66. The van der Waals surface area contributed by atoms with Crippen LogP contribution in [0.2, 0.25) is 0 Å². The van der Waals surface area contributed by atoms with Crippen LogP contribution in [-0.2, 0) is 0 Å². The zero-order valence-electron chi connectivity index (χ0n) is 6.27. The molecule has 11 heavy (non-hydrogen) atoms. The summed E-state index contributed by atoms with van der Waals surface area (Å²) in [5.41, 5.74) is 9.81. The fourth-order valence-electron chi connectivity index (χ4n) is 0.253. The van der Waals surface area contributed by atoms with Crippen LogP contribution >= 0.6 is 0 Å². The molecule has 0 aliphatic rings. The zero-order valence-corrected chi connectivity index (χ0v) is 6.27. The van der Waals surface area contributed by atoms with E-state index in [0.717, 1.165) is 0 Å². The number of nitrogens with zero attached hydrogens (tertiary/aromatic N) is 2. The maximum absolute atomic E-state index is 4.90. The predicted octanol–water partition coefficient (Wildman–Crippen LogP) is -1.44. The summed E-state index contributed by atoms with van der Waals surface area (Å²) in [6, 6.07) is 0. The van der Waals surface area contributed by atoms with Gasteiger partial charge in [0.2, 0.25) is 0 Å². The maximum Gasteiger partial charge on any atom is 0.0451 e. The molecule has 0 radical (unpaired) electrons. The molecular weight excluding hydrogens is 144 g/mol. The predicted molar refractivity (Wildman–Crippen MR) is 43.8 cm³/mol. The normalized spacial score (nSPS) is 7.09. The second-order valence-corrected chi connectivity index (χ2v) is 1.47. The van der Waals surface area contributed by atoms with E-state index in [0.29, 0.717) is 13.1 Å². The van der Waals surface area contributed by atoms with E-state index in [1.807, 2.05) is 0 Å². The van der Waals surface area contributed by atoms with Crippen molar-refractivity contribution >= 4 is 0 Å². The minimum absolute atomic E-state index is 0. The van der Waals surface area contributed by atoms with Crippen LogP contribution in [0.4, 0.5) is 0 Å². The molecule has 0 saturated carbocycles. The Balaban J connectivity index is 0. The quantitative estimate of drug-likeness (QED) is 0.521. The summed E-state index contributed by atoms with van der Waals surface area (Å²) in [5, 5.41) is 0. The molecule has 0 aromatic carbocycles. The first-order chi connectivity index (χ1) is 4.91. The van der Waals surface area contributed by atoms with Crippen molar-refractivity contribution < 1.29 is 5.48 Å². The van der Waals surface area contributed by atoms with Gasteiger partial charge in [0.05, 0.1) is 0 Å². The van der Waals surface area contributed by atoms with Gasteiger partial charge < -0.3 is 16.9 Å². The summed E-state index contributed by atoms with van der Waals surface area (Å²) >= 11 is 0. The Morgan fingerprint density at radius 3 is 1.18 bits per heavy atom. The first-order valence-electron chi connectivity index (χ1n) is 3.02.